The van der Waals surface area contributed by atoms with Crippen molar-refractivity contribution in [2.24, 2.45) is 0 Å². The fourth-order valence-electron chi connectivity index (χ4n) is 1.93. The van der Waals surface area contributed by atoms with E-state index in [4.69, 9.17) is 14.2 Å². The number of thiophene rings is 1. The Bertz CT molecular complexity index is 646. The van der Waals surface area contributed by atoms with Gasteiger partial charge < -0.3 is 19.5 Å². The average molecular weight is 386 g/mol. The molecular formula is C15H16BrNO4S. The van der Waals surface area contributed by atoms with Crippen molar-refractivity contribution in [3.05, 3.63) is 38.5 Å². The van der Waals surface area contributed by atoms with Gasteiger partial charge in [-0.25, -0.2) is 0 Å². The molecule has 0 aliphatic carbocycles. The third-order valence-corrected chi connectivity index (χ3v) is 4.60. The van der Waals surface area contributed by atoms with Gasteiger partial charge in [0.05, 0.1) is 31.7 Å². The van der Waals surface area contributed by atoms with E-state index >= 15 is 0 Å². The van der Waals surface area contributed by atoms with Crippen LogP contribution >= 0.6 is 27.3 Å². The number of rotatable bonds is 6. The molecule has 0 aliphatic rings. The maximum atomic E-state index is 12.3. The molecule has 1 aromatic heterocycles. The number of ether oxygens (including phenoxy) is 3. The summed E-state index contributed by atoms with van der Waals surface area (Å²) < 4.78 is 16.8. The van der Waals surface area contributed by atoms with Gasteiger partial charge in [0.1, 0.15) is 0 Å². The highest BCUT2D eigenvalue weighted by atomic mass is 79.9. The molecule has 2 aromatic rings. The van der Waals surface area contributed by atoms with Crippen molar-refractivity contribution >= 4 is 33.2 Å². The highest BCUT2D eigenvalue weighted by Gasteiger charge is 2.16. The molecule has 0 atom stereocenters. The van der Waals surface area contributed by atoms with E-state index in [9.17, 15) is 4.79 Å². The third kappa shape index (κ3) is 3.72. The Hall–Kier alpha value is -1.73. The molecule has 0 saturated heterocycles. The van der Waals surface area contributed by atoms with E-state index in [2.05, 4.69) is 21.2 Å². The Morgan fingerprint density at radius 3 is 2.23 bits per heavy atom. The second-order valence-electron chi connectivity index (χ2n) is 4.30. The number of hydrogen-bond acceptors (Lipinski definition) is 5. The van der Waals surface area contributed by atoms with Crippen LogP contribution in [0.2, 0.25) is 0 Å². The number of benzene rings is 1. The maximum Gasteiger partial charge on any atom is 0.251 e. The number of halogens is 1. The first-order valence-corrected chi connectivity index (χ1v) is 8.02. The summed E-state index contributed by atoms with van der Waals surface area (Å²) in [5, 5.41) is 2.87. The number of amides is 1. The van der Waals surface area contributed by atoms with Gasteiger partial charge in [0.2, 0.25) is 5.75 Å². The summed E-state index contributed by atoms with van der Waals surface area (Å²) in [6.45, 7) is 0.464. The summed E-state index contributed by atoms with van der Waals surface area (Å²) in [5.41, 5.74) is 0.449. The first kappa shape index (κ1) is 16.6. The Balaban J connectivity index is 2.18. The molecule has 0 spiro atoms. The summed E-state index contributed by atoms with van der Waals surface area (Å²) >= 11 is 4.98. The van der Waals surface area contributed by atoms with Gasteiger partial charge in [-0.1, -0.05) is 0 Å². The zero-order chi connectivity index (χ0) is 16.1. The van der Waals surface area contributed by atoms with Crippen molar-refractivity contribution in [3.8, 4) is 17.2 Å². The molecule has 2 rings (SSSR count). The quantitative estimate of drug-likeness (QED) is 0.826. The lowest BCUT2D eigenvalue weighted by Gasteiger charge is -2.14. The summed E-state index contributed by atoms with van der Waals surface area (Å²) in [4.78, 5) is 13.4. The van der Waals surface area contributed by atoms with Crippen LogP contribution in [0.4, 0.5) is 0 Å². The van der Waals surface area contributed by atoms with Crippen molar-refractivity contribution in [3.63, 3.8) is 0 Å². The lowest BCUT2D eigenvalue weighted by Crippen LogP contribution is -2.22. The number of carbonyl (C=O) groups excluding carboxylic acids is 1. The van der Waals surface area contributed by atoms with E-state index < -0.39 is 0 Å². The Kier molecular flexibility index (Phi) is 5.68. The van der Waals surface area contributed by atoms with Crippen molar-refractivity contribution in [2.45, 2.75) is 6.54 Å². The van der Waals surface area contributed by atoms with Crippen LogP contribution in [0.15, 0.2) is 28.1 Å². The second-order valence-corrected chi connectivity index (χ2v) is 6.85. The van der Waals surface area contributed by atoms with E-state index in [-0.39, 0.29) is 5.91 Å². The molecule has 0 saturated carbocycles. The molecule has 118 valence electrons. The monoisotopic (exact) mass is 385 g/mol. The number of carbonyl (C=O) groups is 1. The van der Waals surface area contributed by atoms with Crippen LogP contribution < -0.4 is 19.5 Å². The van der Waals surface area contributed by atoms with Crippen LogP contribution in [-0.4, -0.2) is 27.2 Å². The van der Waals surface area contributed by atoms with Gasteiger partial charge in [0.15, 0.2) is 11.5 Å². The predicted octanol–water partition coefficient (Wildman–Crippen LogP) is 3.47. The molecule has 1 amide bonds. The van der Waals surface area contributed by atoms with Crippen LogP contribution in [0.1, 0.15) is 15.2 Å². The molecular weight excluding hydrogens is 370 g/mol. The molecule has 0 fully saturated rings. The first-order valence-electron chi connectivity index (χ1n) is 6.41. The molecule has 0 radical (unpaired) electrons. The van der Waals surface area contributed by atoms with E-state index in [1.54, 1.807) is 23.5 Å². The predicted molar refractivity (Wildman–Crippen MR) is 89.3 cm³/mol. The SMILES string of the molecule is COc1cc(C(=O)NCc2ccc(Br)s2)cc(OC)c1OC. The van der Waals surface area contributed by atoms with Gasteiger partial charge in [-0.2, -0.15) is 0 Å². The average Bonchev–Trinajstić information content (AvgIpc) is 2.96. The fourth-order valence-corrected chi connectivity index (χ4v) is 3.35. The minimum absolute atomic E-state index is 0.205. The first-order chi connectivity index (χ1) is 10.6. The zero-order valence-corrected chi connectivity index (χ0v) is 14.8. The lowest BCUT2D eigenvalue weighted by atomic mass is 10.1. The summed E-state index contributed by atoms with van der Waals surface area (Å²) in [6.07, 6.45) is 0. The van der Waals surface area contributed by atoms with Gasteiger partial charge in [-0.05, 0) is 40.2 Å². The smallest absolute Gasteiger partial charge is 0.251 e. The molecule has 5 nitrogen and oxygen atoms in total. The number of nitrogens with one attached hydrogen (secondary N) is 1. The molecule has 0 unspecified atom stereocenters. The molecule has 22 heavy (non-hydrogen) atoms. The molecule has 1 aromatic carbocycles. The van der Waals surface area contributed by atoms with Crippen LogP contribution in [-0.2, 0) is 6.54 Å². The van der Waals surface area contributed by atoms with Crippen molar-refractivity contribution < 1.29 is 19.0 Å². The molecule has 7 heteroatoms. The van der Waals surface area contributed by atoms with Crippen molar-refractivity contribution in [1.29, 1.82) is 0 Å². The molecule has 1 heterocycles. The van der Waals surface area contributed by atoms with E-state index in [1.807, 2.05) is 12.1 Å². The molecule has 0 aliphatic heterocycles. The van der Waals surface area contributed by atoms with Crippen molar-refractivity contribution in [1.82, 2.24) is 5.32 Å². The topological polar surface area (TPSA) is 56.8 Å². The van der Waals surface area contributed by atoms with Crippen LogP contribution in [0, 0.1) is 0 Å². The Morgan fingerprint density at radius 2 is 1.77 bits per heavy atom. The highest BCUT2D eigenvalue weighted by Crippen LogP contribution is 2.38. The Labute approximate surface area is 141 Å². The highest BCUT2D eigenvalue weighted by molar-refractivity contribution is 9.11. The lowest BCUT2D eigenvalue weighted by molar-refractivity contribution is 0.0950. The fraction of sp³-hybridized carbons (Fsp3) is 0.267. The number of hydrogen-bond donors (Lipinski definition) is 1. The van der Waals surface area contributed by atoms with Crippen LogP contribution in [0.3, 0.4) is 0 Å². The summed E-state index contributed by atoms with van der Waals surface area (Å²) in [5.74, 6) is 1.16. The normalized spacial score (nSPS) is 10.2. The summed E-state index contributed by atoms with van der Waals surface area (Å²) in [7, 11) is 4.55. The standard InChI is InChI=1S/C15H16BrNO4S/c1-19-11-6-9(7-12(20-2)14(11)21-3)15(18)17-8-10-4-5-13(16)22-10/h4-7H,8H2,1-3H3,(H,17,18). The van der Waals surface area contributed by atoms with E-state index in [0.29, 0.717) is 29.4 Å². The van der Waals surface area contributed by atoms with E-state index in [0.717, 1.165) is 8.66 Å². The zero-order valence-electron chi connectivity index (χ0n) is 12.4. The minimum Gasteiger partial charge on any atom is -0.493 e. The van der Waals surface area contributed by atoms with Crippen LogP contribution in [0.25, 0.3) is 0 Å². The number of methoxy groups -OCH3 is 3. The molecule has 1 N–H and O–H groups in total. The summed E-state index contributed by atoms with van der Waals surface area (Å²) in [6, 6.07) is 7.16. The van der Waals surface area contributed by atoms with Gasteiger partial charge in [-0.15, -0.1) is 11.3 Å². The van der Waals surface area contributed by atoms with Gasteiger partial charge in [-0.3, -0.25) is 4.79 Å². The molecule has 0 bridgehead atoms. The van der Waals surface area contributed by atoms with Crippen molar-refractivity contribution in [2.75, 3.05) is 21.3 Å². The second kappa shape index (κ2) is 7.51. The third-order valence-electron chi connectivity index (χ3n) is 2.98. The minimum atomic E-state index is -0.205. The van der Waals surface area contributed by atoms with E-state index in [1.165, 1.54) is 21.3 Å². The Morgan fingerprint density at radius 1 is 1.14 bits per heavy atom. The van der Waals surface area contributed by atoms with Gasteiger partial charge >= 0.3 is 0 Å². The van der Waals surface area contributed by atoms with Gasteiger partial charge in [0, 0.05) is 10.4 Å². The largest absolute Gasteiger partial charge is 0.493 e. The van der Waals surface area contributed by atoms with Crippen LogP contribution in [0.5, 0.6) is 17.2 Å². The van der Waals surface area contributed by atoms with Gasteiger partial charge in [0.25, 0.3) is 5.91 Å². The maximum absolute atomic E-state index is 12.3.